The molecule has 7 nitrogen and oxygen atoms in total. The highest BCUT2D eigenvalue weighted by Crippen LogP contribution is 2.13. The lowest BCUT2D eigenvalue weighted by Gasteiger charge is -2.15. The maximum absolute atomic E-state index is 12.0. The van der Waals surface area contributed by atoms with Crippen molar-refractivity contribution in [2.45, 2.75) is 26.3 Å². The van der Waals surface area contributed by atoms with Crippen LogP contribution in [0.4, 0.5) is 0 Å². The molecule has 2 N–H and O–H groups in total. The lowest BCUT2D eigenvalue weighted by molar-refractivity contribution is -0.147. The number of ether oxygens (including phenoxy) is 1. The minimum absolute atomic E-state index is 0.247. The van der Waals surface area contributed by atoms with E-state index in [0.29, 0.717) is 5.56 Å². The van der Waals surface area contributed by atoms with Crippen molar-refractivity contribution in [1.29, 1.82) is 0 Å². The van der Waals surface area contributed by atoms with Crippen molar-refractivity contribution in [2.24, 2.45) is 0 Å². The maximum Gasteiger partial charge on any atom is 0.321 e. The van der Waals surface area contributed by atoms with Gasteiger partial charge in [-0.2, -0.15) is 0 Å². The Balaban J connectivity index is 1.74. The van der Waals surface area contributed by atoms with Gasteiger partial charge in [0.25, 0.3) is 5.91 Å². The molecular formula is C22H26N2O5S. The second kappa shape index (κ2) is 11.3. The van der Waals surface area contributed by atoms with Gasteiger partial charge in [-0.3, -0.25) is 9.59 Å². The van der Waals surface area contributed by atoms with Crippen molar-refractivity contribution in [1.82, 2.24) is 10.0 Å². The summed E-state index contributed by atoms with van der Waals surface area (Å²) in [5, 5.41) is 3.70. The number of carbonyl (C=O) groups excluding carboxylic acids is 2. The number of hydrogen-bond acceptors (Lipinski definition) is 5. The molecule has 0 aliphatic rings. The minimum atomic E-state index is -3.81. The standard InChI is InChI=1S/C22H26N2O5S/c1-3-18-9-11-20(12-10-18)17(2)24-21(25)16-29-22(26)15-23-30(27,28)14-13-19-7-5-4-6-8-19/h4-14,17,23H,3,15-16H2,1-2H3,(H,24,25)/b14-13+. The zero-order chi connectivity index (χ0) is 22.0. The van der Waals surface area contributed by atoms with Gasteiger partial charge in [-0.25, -0.2) is 13.1 Å². The summed E-state index contributed by atoms with van der Waals surface area (Å²) in [4.78, 5) is 23.7. The predicted octanol–water partition coefficient (Wildman–Crippen LogP) is 2.56. The summed E-state index contributed by atoms with van der Waals surface area (Å²) in [6, 6.07) is 16.5. The van der Waals surface area contributed by atoms with Crippen molar-refractivity contribution >= 4 is 28.0 Å². The molecule has 0 saturated heterocycles. The third-order valence-corrected chi connectivity index (χ3v) is 5.33. The van der Waals surface area contributed by atoms with Crippen LogP contribution >= 0.6 is 0 Å². The Kier molecular flexibility index (Phi) is 8.76. The SMILES string of the molecule is CCc1ccc(C(C)NC(=O)COC(=O)CNS(=O)(=O)/C=C/c2ccccc2)cc1. The number of nitrogens with one attached hydrogen (secondary N) is 2. The summed E-state index contributed by atoms with van der Waals surface area (Å²) in [6.45, 7) is 2.84. The summed E-state index contributed by atoms with van der Waals surface area (Å²) in [5.41, 5.74) is 2.85. The summed E-state index contributed by atoms with van der Waals surface area (Å²) in [6.07, 6.45) is 2.35. The van der Waals surface area contributed by atoms with Gasteiger partial charge in [-0.05, 0) is 36.1 Å². The quantitative estimate of drug-likeness (QED) is 0.564. The van der Waals surface area contributed by atoms with Crippen LogP contribution in [0.25, 0.3) is 6.08 Å². The molecule has 2 aromatic carbocycles. The molecule has 0 fully saturated rings. The average molecular weight is 431 g/mol. The van der Waals surface area contributed by atoms with Crippen molar-refractivity contribution in [3.05, 3.63) is 76.7 Å². The third kappa shape index (κ3) is 8.18. The molecule has 30 heavy (non-hydrogen) atoms. The average Bonchev–Trinajstić information content (AvgIpc) is 2.76. The van der Waals surface area contributed by atoms with Gasteiger partial charge in [0.1, 0.15) is 6.54 Å². The number of rotatable bonds is 10. The van der Waals surface area contributed by atoms with Crippen LogP contribution in [0.2, 0.25) is 0 Å². The monoisotopic (exact) mass is 430 g/mol. The molecule has 0 spiro atoms. The molecule has 0 saturated carbocycles. The molecule has 0 aromatic heterocycles. The van der Waals surface area contributed by atoms with Gasteiger partial charge < -0.3 is 10.1 Å². The van der Waals surface area contributed by atoms with Crippen LogP contribution in [-0.4, -0.2) is 33.4 Å². The molecule has 1 amide bonds. The van der Waals surface area contributed by atoms with E-state index in [0.717, 1.165) is 17.4 Å². The van der Waals surface area contributed by atoms with E-state index in [1.807, 2.05) is 37.3 Å². The molecule has 0 radical (unpaired) electrons. The van der Waals surface area contributed by atoms with Crippen LogP contribution in [0.3, 0.4) is 0 Å². The first kappa shape index (κ1) is 23.3. The highest BCUT2D eigenvalue weighted by atomic mass is 32.2. The van der Waals surface area contributed by atoms with Crippen LogP contribution < -0.4 is 10.0 Å². The zero-order valence-corrected chi connectivity index (χ0v) is 17.8. The van der Waals surface area contributed by atoms with Gasteiger partial charge in [0.05, 0.1) is 6.04 Å². The van der Waals surface area contributed by atoms with E-state index in [4.69, 9.17) is 4.74 Å². The van der Waals surface area contributed by atoms with Gasteiger partial charge in [-0.1, -0.05) is 61.5 Å². The first-order valence-corrected chi connectivity index (χ1v) is 11.1. The van der Waals surface area contributed by atoms with E-state index < -0.39 is 35.1 Å². The molecule has 0 aliphatic heterocycles. The van der Waals surface area contributed by atoms with Gasteiger partial charge in [0.15, 0.2) is 6.61 Å². The van der Waals surface area contributed by atoms with Crippen LogP contribution in [0.1, 0.15) is 36.6 Å². The van der Waals surface area contributed by atoms with Gasteiger partial charge in [0, 0.05) is 5.41 Å². The summed E-state index contributed by atoms with van der Waals surface area (Å²) in [5.74, 6) is -1.32. The number of benzene rings is 2. The lowest BCUT2D eigenvalue weighted by atomic mass is 10.1. The molecule has 1 atom stereocenters. The normalized spacial score (nSPS) is 12.5. The van der Waals surface area contributed by atoms with E-state index in [-0.39, 0.29) is 6.04 Å². The Morgan fingerprint density at radius 1 is 1.07 bits per heavy atom. The number of sulfonamides is 1. The van der Waals surface area contributed by atoms with E-state index in [1.54, 1.807) is 24.3 Å². The molecule has 0 bridgehead atoms. The molecule has 2 rings (SSSR count). The Hall–Kier alpha value is -2.97. The van der Waals surface area contributed by atoms with Gasteiger partial charge in [-0.15, -0.1) is 0 Å². The number of carbonyl (C=O) groups is 2. The van der Waals surface area contributed by atoms with Crippen LogP contribution in [-0.2, 0) is 30.8 Å². The largest absolute Gasteiger partial charge is 0.455 e. The lowest BCUT2D eigenvalue weighted by Crippen LogP contribution is -2.34. The molecule has 0 aliphatic carbocycles. The smallest absolute Gasteiger partial charge is 0.321 e. The topological polar surface area (TPSA) is 102 Å². The second-order valence-electron chi connectivity index (χ2n) is 6.62. The van der Waals surface area contributed by atoms with Gasteiger partial charge in [0.2, 0.25) is 10.0 Å². The molecule has 2 aromatic rings. The third-order valence-electron chi connectivity index (χ3n) is 4.29. The number of aryl methyl sites for hydroxylation is 1. The first-order chi connectivity index (χ1) is 14.3. The number of amides is 1. The van der Waals surface area contributed by atoms with Crippen LogP contribution in [0, 0.1) is 0 Å². The predicted molar refractivity (Wildman–Crippen MR) is 116 cm³/mol. The van der Waals surface area contributed by atoms with Gasteiger partial charge >= 0.3 is 5.97 Å². The van der Waals surface area contributed by atoms with E-state index >= 15 is 0 Å². The van der Waals surface area contributed by atoms with Crippen molar-refractivity contribution in [3.63, 3.8) is 0 Å². The van der Waals surface area contributed by atoms with Crippen molar-refractivity contribution in [2.75, 3.05) is 13.2 Å². The molecule has 8 heteroatoms. The number of esters is 1. The fraction of sp³-hybridized carbons (Fsp3) is 0.273. The molecule has 160 valence electrons. The highest BCUT2D eigenvalue weighted by Gasteiger charge is 2.14. The van der Waals surface area contributed by atoms with E-state index in [9.17, 15) is 18.0 Å². The Morgan fingerprint density at radius 3 is 2.37 bits per heavy atom. The Morgan fingerprint density at radius 2 is 1.73 bits per heavy atom. The van der Waals surface area contributed by atoms with E-state index in [2.05, 4.69) is 17.0 Å². The van der Waals surface area contributed by atoms with Crippen LogP contribution in [0.5, 0.6) is 0 Å². The summed E-state index contributed by atoms with van der Waals surface area (Å²) < 4.78 is 30.8. The number of hydrogen-bond donors (Lipinski definition) is 2. The fourth-order valence-electron chi connectivity index (χ4n) is 2.55. The fourth-order valence-corrected chi connectivity index (χ4v) is 3.30. The minimum Gasteiger partial charge on any atom is -0.455 e. The van der Waals surface area contributed by atoms with Crippen molar-refractivity contribution in [3.8, 4) is 0 Å². The Labute approximate surface area is 177 Å². The summed E-state index contributed by atoms with van der Waals surface area (Å²) in [7, 11) is -3.81. The molecule has 0 heterocycles. The van der Waals surface area contributed by atoms with Crippen molar-refractivity contribution < 1.29 is 22.7 Å². The van der Waals surface area contributed by atoms with Crippen LogP contribution in [0.15, 0.2) is 60.0 Å². The summed E-state index contributed by atoms with van der Waals surface area (Å²) >= 11 is 0. The molecular weight excluding hydrogens is 404 g/mol. The Bertz CT molecular complexity index is 970. The first-order valence-electron chi connectivity index (χ1n) is 9.55. The maximum atomic E-state index is 12.0. The zero-order valence-electron chi connectivity index (χ0n) is 17.0. The second-order valence-corrected chi connectivity index (χ2v) is 8.28. The molecule has 1 unspecified atom stereocenters. The van der Waals surface area contributed by atoms with E-state index in [1.165, 1.54) is 11.6 Å². The highest BCUT2D eigenvalue weighted by molar-refractivity contribution is 7.92.